The quantitative estimate of drug-likeness (QED) is 0.342. The molecule has 3 aromatic rings. The lowest BCUT2D eigenvalue weighted by Crippen LogP contribution is -2.41. The van der Waals surface area contributed by atoms with E-state index >= 15 is 0 Å². The maximum atomic E-state index is 14.6. The van der Waals surface area contributed by atoms with Crippen LogP contribution in [0.2, 0.25) is 0 Å². The molecule has 2 aliphatic rings. The first-order chi connectivity index (χ1) is 16.5. The molecule has 1 N–H and O–H groups in total. The van der Waals surface area contributed by atoms with Crippen molar-refractivity contribution in [3.8, 4) is 23.0 Å². The molecule has 1 saturated heterocycles. The molecular weight excluding hydrogens is 459 g/mol. The number of pyridine rings is 1. The van der Waals surface area contributed by atoms with E-state index in [1.54, 1.807) is 29.3 Å². The molecule has 0 atom stereocenters. The van der Waals surface area contributed by atoms with Crippen molar-refractivity contribution in [2.75, 3.05) is 32.1 Å². The first kappa shape index (κ1) is 22.7. The van der Waals surface area contributed by atoms with Crippen LogP contribution in [0.25, 0.3) is 11.4 Å². The summed E-state index contributed by atoms with van der Waals surface area (Å²) in [7, 11) is 0. The van der Waals surface area contributed by atoms with Gasteiger partial charge in [-0.2, -0.15) is 4.98 Å². The van der Waals surface area contributed by atoms with E-state index in [9.17, 15) is 14.3 Å². The molecule has 0 aliphatic carbocycles. The van der Waals surface area contributed by atoms with Gasteiger partial charge in [-0.25, -0.2) is 9.37 Å². The van der Waals surface area contributed by atoms with Crippen LogP contribution in [-0.4, -0.2) is 62.9 Å². The Kier molecular flexibility index (Phi) is 6.44. The van der Waals surface area contributed by atoms with Crippen molar-refractivity contribution in [3.63, 3.8) is 0 Å². The highest BCUT2D eigenvalue weighted by Gasteiger charge is 2.29. The molecule has 1 amide bonds. The Bertz CT molecular complexity index is 1250. The molecule has 1 aromatic carbocycles. The van der Waals surface area contributed by atoms with Gasteiger partial charge in [0, 0.05) is 36.8 Å². The second-order valence-corrected chi connectivity index (χ2v) is 8.98. The van der Waals surface area contributed by atoms with Crippen LogP contribution in [-0.2, 0) is 22.6 Å². The van der Waals surface area contributed by atoms with Crippen LogP contribution in [0.1, 0.15) is 22.4 Å². The number of aliphatic hydroxyl groups excluding tert-OH is 1. The van der Waals surface area contributed by atoms with Crippen LogP contribution in [0.3, 0.4) is 0 Å². The SMILES string of the molecule is Cc1ncc(CO)c2c1Oc1nc(-c3ccccc3F)nc(SCC(=O)N3CCOCC3)c1C2. The Morgan fingerprint density at radius 1 is 1.21 bits per heavy atom. The lowest BCUT2D eigenvalue weighted by molar-refractivity contribution is -0.132. The predicted molar refractivity (Wildman–Crippen MR) is 123 cm³/mol. The molecule has 0 radical (unpaired) electrons. The number of hydrogen-bond donors (Lipinski definition) is 1. The Morgan fingerprint density at radius 3 is 2.76 bits per heavy atom. The van der Waals surface area contributed by atoms with Crippen molar-refractivity contribution in [3.05, 3.63) is 58.7 Å². The van der Waals surface area contributed by atoms with Gasteiger partial charge in [0.05, 0.1) is 42.4 Å². The third-order valence-corrected chi connectivity index (χ3v) is 6.87. The highest BCUT2D eigenvalue weighted by molar-refractivity contribution is 7.99. The van der Waals surface area contributed by atoms with Gasteiger partial charge in [-0.15, -0.1) is 0 Å². The fourth-order valence-electron chi connectivity index (χ4n) is 4.01. The van der Waals surface area contributed by atoms with E-state index in [0.717, 1.165) is 5.56 Å². The Morgan fingerprint density at radius 2 is 2.00 bits per heavy atom. The summed E-state index contributed by atoms with van der Waals surface area (Å²) in [6.07, 6.45) is 2.04. The number of nitrogens with zero attached hydrogens (tertiary/aromatic N) is 4. The number of benzene rings is 1. The van der Waals surface area contributed by atoms with Crippen LogP contribution >= 0.6 is 11.8 Å². The molecule has 5 rings (SSSR count). The van der Waals surface area contributed by atoms with Crippen molar-refractivity contribution < 1.29 is 23.8 Å². The number of aliphatic hydroxyl groups is 1. The second-order valence-electron chi connectivity index (χ2n) is 8.01. The van der Waals surface area contributed by atoms with E-state index in [1.807, 2.05) is 6.92 Å². The smallest absolute Gasteiger partial charge is 0.233 e. The third kappa shape index (κ3) is 4.36. The number of amides is 1. The number of thioether (sulfide) groups is 1. The van der Waals surface area contributed by atoms with Crippen LogP contribution in [0, 0.1) is 12.7 Å². The number of aromatic nitrogens is 3. The van der Waals surface area contributed by atoms with Gasteiger partial charge in [0.2, 0.25) is 11.8 Å². The first-order valence-electron chi connectivity index (χ1n) is 11.0. The summed E-state index contributed by atoms with van der Waals surface area (Å²) in [6, 6.07) is 6.28. The van der Waals surface area contributed by atoms with E-state index in [-0.39, 0.29) is 29.7 Å². The maximum absolute atomic E-state index is 14.6. The number of rotatable bonds is 5. The predicted octanol–water partition coefficient (Wildman–Crippen LogP) is 3.13. The summed E-state index contributed by atoms with van der Waals surface area (Å²) < 4.78 is 26.0. The second kappa shape index (κ2) is 9.65. The fourth-order valence-corrected chi connectivity index (χ4v) is 4.94. The number of hydrogen-bond acceptors (Lipinski definition) is 8. The maximum Gasteiger partial charge on any atom is 0.233 e. The molecule has 2 aromatic heterocycles. The molecule has 0 unspecified atom stereocenters. The minimum Gasteiger partial charge on any atom is -0.436 e. The molecule has 8 nitrogen and oxygen atoms in total. The number of halogens is 1. The van der Waals surface area contributed by atoms with Gasteiger partial charge < -0.3 is 19.5 Å². The van der Waals surface area contributed by atoms with Gasteiger partial charge in [-0.1, -0.05) is 23.9 Å². The highest BCUT2D eigenvalue weighted by atomic mass is 32.2. The lowest BCUT2D eigenvalue weighted by atomic mass is 9.99. The Labute approximate surface area is 200 Å². The zero-order chi connectivity index (χ0) is 23.7. The van der Waals surface area contributed by atoms with Gasteiger partial charge in [-0.05, 0) is 19.1 Å². The third-order valence-electron chi connectivity index (χ3n) is 5.87. The first-order valence-corrected chi connectivity index (χ1v) is 11.9. The standard InChI is InChI=1S/C24H23FN4O4S/c1-14-21-17(15(12-30)11-26-14)10-18-23(33-21)27-22(16-4-2-3-5-19(16)25)28-24(18)34-13-20(31)29-6-8-32-9-7-29/h2-5,11,30H,6-10,12-13H2,1H3. The topological polar surface area (TPSA) is 97.7 Å². The average Bonchev–Trinajstić information content (AvgIpc) is 2.87. The van der Waals surface area contributed by atoms with E-state index in [1.165, 1.54) is 17.8 Å². The lowest BCUT2D eigenvalue weighted by Gasteiger charge is -2.27. The fraction of sp³-hybridized carbons (Fsp3) is 0.333. The summed E-state index contributed by atoms with van der Waals surface area (Å²) in [5, 5.41) is 10.4. The minimum atomic E-state index is -0.445. The van der Waals surface area contributed by atoms with Crippen LogP contribution in [0.4, 0.5) is 4.39 Å². The highest BCUT2D eigenvalue weighted by Crippen LogP contribution is 2.42. The molecule has 176 valence electrons. The molecular formula is C24H23FN4O4S. The van der Waals surface area contributed by atoms with Crippen molar-refractivity contribution in [2.45, 2.75) is 25.0 Å². The minimum absolute atomic E-state index is 0.0127. The molecule has 1 fully saturated rings. The Balaban J connectivity index is 1.53. The van der Waals surface area contributed by atoms with Crippen molar-refractivity contribution >= 4 is 17.7 Å². The van der Waals surface area contributed by atoms with Crippen molar-refractivity contribution in [1.82, 2.24) is 19.9 Å². The average molecular weight is 483 g/mol. The monoisotopic (exact) mass is 482 g/mol. The molecule has 10 heteroatoms. The summed E-state index contributed by atoms with van der Waals surface area (Å²) in [5.41, 5.74) is 3.09. The van der Waals surface area contributed by atoms with E-state index < -0.39 is 5.82 Å². The Hall–Kier alpha value is -3.08. The van der Waals surface area contributed by atoms with E-state index in [4.69, 9.17) is 9.47 Å². The van der Waals surface area contributed by atoms with E-state index in [0.29, 0.717) is 66.2 Å². The van der Waals surface area contributed by atoms with E-state index in [2.05, 4.69) is 15.0 Å². The van der Waals surface area contributed by atoms with Gasteiger partial charge in [0.15, 0.2) is 11.6 Å². The summed E-state index contributed by atoms with van der Waals surface area (Å²) in [6.45, 7) is 3.81. The summed E-state index contributed by atoms with van der Waals surface area (Å²) >= 11 is 1.28. The number of carbonyl (C=O) groups is 1. The van der Waals surface area contributed by atoms with Gasteiger partial charge >= 0.3 is 0 Å². The largest absolute Gasteiger partial charge is 0.436 e. The molecule has 2 aliphatic heterocycles. The van der Waals surface area contributed by atoms with Gasteiger partial charge in [0.1, 0.15) is 10.8 Å². The number of carbonyl (C=O) groups excluding carboxylic acids is 1. The van der Waals surface area contributed by atoms with Crippen molar-refractivity contribution in [2.24, 2.45) is 0 Å². The van der Waals surface area contributed by atoms with Crippen LogP contribution in [0.5, 0.6) is 11.6 Å². The molecule has 4 heterocycles. The molecule has 0 spiro atoms. The summed E-state index contributed by atoms with van der Waals surface area (Å²) in [5.74, 6) is 0.751. The normalized spacial score (nSPS) is 14.9. The van der Waals surface area contributed by atoms with Crippen LogP contribution < -0.4 is 4.74 Å². The van der Waals surface area contributed by atoms with Crippen molar-refractivity contribution in [1.29, 1.82) is 0 Å². The number of aryl methyl sites for hydroxylation is 1. The zero-order valence-electron chi connectivity index (χ0n) is 18.6. The number of fused-ring (bicyclic) bond motifs is 2. The molecule has 34 heavy (non-hydrogen) atoms. The van der Waals surface area contributed by atoms with Gasteiger partial charge in [0.25, 0.3) is 0 Å². The van der Waals surface area contributed by atoms with Gasteiger partial charge in [-0.3, -0.25) is 9.78 Å². The number of ether oxygens (including phenoxy) is 2. The zero-order valence-corrected chi connectivity index (χ0v) is 19.4. The summed E-state index contributed by atoms with van der Waals surface area (Å²) in [4.78, 5) is 28.0. The molecule has 0 bridgehead atoms. The number of morpholine rings is 1. The molecule has 0 saturated carbocycles. The van der Waals surface area contributed by atoms with Crippen LogP contribution in [0.15, 0.2) is 35.5 Å².